The number of benzene rings is 1. The van der Waals surface area contributed by atoms with Gasteiger partial charge >= 0.3 is 5.97 Å². The van der Waals surface area contributed by atoms with Crippen LogP contribution in [0.5, 0.6) is 0 Å². The van der Waals surface area contributed by atoms with Crippen LogP contribution in [0.3, 0.4) is 0 Å². The number of carbonyl (C=O) groups excluding carboxylic acids is 2. The van der Waals surface area contributed by atoms with Crippen LogP contribution in [0, 0.1) is 6.92 Å². The molecule has 1 unspecified atom stereocenters. The molecule has 0 aliphatic rings. The average Bonchev–Trinajstić information content (AvgIpc) is 3.00. The fourth-order valence-electron chi connectivity index (χ4n) is 2.13. The molecular weight excluding hydrogens is 358 g/mol. The Kier molecular flexibility index (Phi) is 7.22. The number of nitrogens with zero attached hydrogens (tertiary/aromatic N) is 1. The monoisotopic (exact) mass is 377 g/mol. The van der Waals surface area contributed by atoms with Crippen molar-refractivity contribution in [1.29, 1.82) is 0 Å². The number of hydrogen-bond acceptors (Lipinski definition) is 6. The number of amides is 2. The minimum Gasteiger partial charge on any atom is -0.480 e. The van der Waals surface area contributed by atoms with Crippen LogP contribution in [0.1, 0.15) is 11.3 Å². The molecule has 26 heavy (non-hydrogen) atoms. The van der Waals surface area contributed by atoms with Gasteiger partial charge in [-0.25, -0.2) is 4.79 Å². The van der Waals surface area contributed by atoms with Gasteiger partial charge in [-0.15, -0.1) is 11.8 Å². The van der Waals surface area contributed by atoms with Crippen molar-refractivity contribution in [3.05, 3.63) is 47.7 Å². The number of anilines is 1. The summed E-state index contributed by atoms with van der Waals surface area (Å²) in [5.74, 6) is -0.971. The zero-order valence-electron chi connectivity index (χ0n) is 14.1. The number of aromatic nitrogens is 1. The highest BCUT2D eigenvalue weighted by Gasteiger charge is 2.20. The Morgan fingerprint density at radius 3 is 2.50 bits per heavy atom. The molecule has 0 spiro atoms. The Morgan fingerprint density at radius 2 is 1.88 bits per heavy atom. The first kappa shape index (κ1) is 19.5. The van der Waals surface area contributed by atoms with E-state index < -0.39 is 17.9 Å². The van der Waals surface area contributed by atoms with Gasteiger partial charge in [0.15, 0.2) is 5.82 Å². The van der Waals surface area contributed by atoms with Crippen LogP contribution < -0.4 is 10.6 Å². The third kappa shape index (κ3) is 6.60. The normalized spacial score (nSPS) is 11.6. The van der Waals surface area contributed by atoms with Crippen molar-refractivity contribution in [3.63, 3.8) is 0 Å². The Morgan fingerprint density at radius 1 is 1.19 bits per heavy atom. The van der Waals surface area contributed by atoms with Crippen LogP contribution in [0.4, 0.5) is 5.82 Å². The van der Waals surface area contributed by atoms with Gasteiger partial charge in [-0.3, -0.25) is 9.59 Å². The lowest BCUT2D eigenvalue weighted by atomic mass is 10.1. The van der Waals surface area contributed by atoms with Gasteiger partial charge in [-0.05, 0) is 12.5 Å². The van der Waals surface area contributed by atoms with E-state index in [1.54, 1.807) is 37.3 Å². The maximum absolute atomic E-state index is 11.9. The van der Waals surface area contributed by atoms with Gasteiger partial charge in [-0.2, -0.15) is 0 Å². The van der Waals surface area contributed by atoms with E-state index in [0.717, 1.165) is 17.3 Å². The van der Waals surface area contributed by atoms with Crippen LogP contribution in [0.25, 0.3) is 0 Å². The summed E-state index contributed by atoms with van der Waals surface area (Å²) in [6.07, 6.45) is 0.193. The fourth-order valence-corrected chi connectivity index (χ4v) is 2.75. The van der Waals surface area contributed by atoms with Gasteiger partial charge in [0.05, 0.1) is 11.5 Å². The van der Waals surface area contributed by atoms with E-state index in [2.05, 4.69) is 15.8 Å². The Bertz CT molecular complexity index is 763. The quantitative estimate of drug-likeness (QED) is 0.605. The molecular formula is C17H19N3O5S. The summed E-state index contributed by atoms with van der Waals surface area (Å²) >= 11 is 1.08. The van der Waals surface area contributed by atoms with E-state index in [1.807, 2.05) is 6.07 Å². The highest BCUT2D eigenvalue weighted by molar-refractivity contribution is 8.00. The molecule has 0 saturated carbocycles. The SMILES string of the molecule is Cc1cc(NC(=O)CSCC(=O)NC(Cc2ccccc2)C(=O)O)no1. The van der Waals surface area contributed by atoms with Crippen molar-refractivity contribution in [2.75, 3.05) is 16.8 Å². The summed E-state index contributed by atoms with van der Waals surface area (Å²) < 4.78 is 4.83. The van der Waals surface area contributed by atoms with Crippen molar-refractivity contribution < 1.29 is 24.0 Å². The highest BCUT2D eigenvalue weighted by Crippen LogP contribution is 2.09. The van der Waals surface area contributed by atoms with Gasteiger partial charge in [0.2, 0.25) is 11.8 Å². The van der Waals surface area contributed by atoms with E-state index in [9.17, 15) is 19.5 Å². The first-order chi connectivity index (χ1) is 12.4. The number of aryl methyl sites for hydroxylation is 1. The maximum Gasteiger partial charge on any atom is 0.326 e. The summed E-state index contributed by atoms with van der Waals surface area (Å²) in [6, 6.07) is 9.61. The van der Waals surface area contributed by atoms with Crippen molar-refractivity contribution in [3.8, 4) is 0 Å². The largest absolute Gasteiger partial charge is 0.480 e. The molecule has 2 aromatic rings. The Hall–Kier alpha value is -2.81. The summed E-state index contributed by atoms with van der Waals surface area (Å²) in [7, 11) is 0. The second-order valence-corrected chi connectivity index (χ2v) is 6.50. The van der Waals surface area contributed by atoms with Crippen molar-refractivity contribution in [2.45, 2.75) is 19.4 Å². The van der Waals surface area contributed by atoms with Gasteiger partial charge < -0.3 is 20.3 Å². The van der Waals surface area contributed by atoms with Crippen LogP contribution >= 0.6 is 11.8 Å². The molecule has 1 aromatic carbocycles. The van der Waals surface area contributed by atoms with Crippen molar-refractivity contribution >= 4 is 35.4 Å². The number of carbonyl (C=O) groups is 3. The topological polar surface area (TPSA) is 122 Å². The lowest BCUT2D eigenvalue weighted by molar-refractivity contribution is -0.141. The van der Waals surface area contributed by atoms with Crippen LogP contribution in [0.15, 0.2) is 40.9 Å². The number of carboxylic acids is 1. The maximum atomic E-state index is 11.9. The van der Waals surface area contributed by atoms with Crippen molar-refractivity contribution in [1.82, 2.24) is 10.5 Å². The molecule has 1 atom stereocenters. The minimum atomic E-state index is -1.11. The predicted octanol–water partition coefficient (Wildman–Crippen LogP) is 1.47. The first-order valence-electron chi connectivity index (χ1n) is 7.81. The molecule has 2 rings (SSSR count). The first-order valence-corrected chi connectivity index (χ1v) is 8.96. The third-order valence-corrected chi connectivity index (χ3v) is 4.21. The van der Waals surface area contributed by atoms with Gasteiger partial charge in [0.1, 0.15) is 11.8 Å². The van der Waals surface area contributed by atoms with Gasteiger partial charge in [0.25, 0.3) is 0 Å². The number of thioether (sulfide) groups is 1. The summed E-state index contributed by atoms with van der Waals surface area (Å²) in [4.78, 5) is 35.0. The highest BCUT2D eigenvalue weighted by atomic mass is 32.2. The second-order valence-electron chi connectivity index (χ2n) is 5.51. The van der Waals surface area contributed by atoms with E-state index in [-0.39, 0.29) is 23.8 Å². The Labute approximate surface area is 154 Å². The molecule has 0 aliphatic heterocycles. The molecule has 138 valence electrons. The standard InChI is InChI=1S/C17H19N3O5S/c1-11-7-14(20-25-11)19-16(22)10-26-9-15(21)18-13(17(23)24)8-12-5-3-2-4-6-12/h2-7,13H,8-10H2,1H3,(H,18,21)(H,23,24)(H,19,20,22). The Balaban J connectivity index is 1.73. The summed E-state index contributed by atoms with van der Waals surface area (Å²) in [5.41, 5.74) is 0.815. The molecule has 2 amide bonds. The number of aliphatic carboxylic acids is 1. The van der Waals surface area contributed by atoms with Gasteiger partial charge in [-0.1, -0.05) is 35.5 Å². The van der Waals surface area contributed by atoms with E-state index in [4.69, 9.17) is 4.52 Å². The van der Waals surface area contributed by atoms with Gasteiger partial charge in [0, 0.05) is 12.5 Å². The molecule has 9 heteroatoms. The van der Waals surface area contributed by atoms with Crippen LogP contribution in [-0.4, -0.2) is 45.6 Å². The molecule has 0 saturated heterocycles. The lowest BCUT2D eigenvalue weighted by Gasteiger charge is -2.14. The predicted molar refractivity (Wildman–Crippen MR) is 96.9 cm³/mol. The molecule has 0 aliphatic carbocycles. The summed E-state index contributed by atoms with van der Waals surface area (Å²) in [6.45, 7) is 1.70. The van der Waals surface area contributed by atoms with Crippen LogP contribution in [-0.2, 0) is 20.8 Å². The molecule has 3 N–H and O–H groups in total. The van der Waals surface area contributed by atoms with Crippen molar-refractivity contribution in [2.24, 2.45) is 0 Å². The zero-order valence-corrected chi connectivity index (χ0v) is 14.9. The molecule has 0 bridgehead atoms. The molecule has 8 nitrogen and oxygen atoms in total. The molecule has 0 fully saturated rings. The number of hydrogen-bond donors (Lipinski definition) is 3. The third-order valence-electron chi connectivity index (χ3n) is 3.28. The van der Waals surface area contributed by atoms with E-state index >= 15 is 0 Å². The number of carboxylic acid groups (broad SMARTS) is 1. The molecule has 0 radical (unpaired) electrons. The number of rotatable bonds is 9. The zero-order chi connectivity index (χ0) is 18.9. The fraction of sp³-hybridized carbons (Fsp3) is 0.294. The van der Waals surface area contributed by atoms with E-state index in [0.29, 0.717) is 11.6 Å². The van der Waals surface area contributed by atoms with Crippen LogP contribution in [0.2, 0.25) is 0 Å². The number of nitrogens with one attached hydrogen (secondary N) is 2. The molecule has 1 aromatic heterocycles. The smallest absolute Gasteiger partial charge is 0.326 e. The minimum absolute atomic E-state index is 0.0240. The summed E-state index contributed by atoms with van der Waals surface area (Å²) in [5, 5.41) is 17.9. The lowest BCUT2D eigenvalue weighted by Crippen LogP contribution is -2.43. The molecule has 1 heterocycles. The van der Waals surface area contributed by atoms with E-state index in [1.165, 1.54) is 0 Å². The second kappa shape index (κ2) is 9.62. The average molecular weight is 377 g/mol.